The van der Waals surface area contributed by atoms with E-state index in [1.165, 1.54) is 12.7 Å². The first-order valence-electron chi connectivity index (χ1n) is 6.80. The summed E-state index contributed by atoms with van der Waals surface area (Å²) in [5.41, 5.74) is 0.922. The molecule has 2 heterocycles. The molecule has 2 aromatic rings. The Hall–Kier alpha value is -1.69. The maximum atomic E-state index is 11.7. The van der Waals surface area contributed by atoms with Gasteiger partial charge in [-0.25, -0.2) is 9.97 Å². The lowest BCUT2D eigenvalue weighted by molar-refractivity contribution is 0.159. The molecular weight excluding hydrogens is 244 g/mol. The molecule has 2 N–H and O–H groups in total. The van der Waals surface area contributed by atoms with E-state index < -0.39 is 0 Å². The summed E-state index contributed by atoms with van der Waals surface area (Å²) in [6.45, 7) is 0.302. The number of hydrogen-bond donors (Lipinski definition) is 2. The molecule has 0 bridgehead atoms. The number of imidazole rings is 1. The maximum Gasteiger partial charge on any atom is 0.278 e. The van der Waals surface area contributed by atoms with Gasteiger partial charge in [0.25, 0.3) is 5.56 Å². The Morgan fingerprint density at radius 2 is 2.26 bits per heavy atom. The van der Waals surface area contributed by atoms with Crippen LogP contribution in [0.4, 0.5) is 0 Å². The second-order valence-corrected chi connectivity index (χ2v) is 5.71. The highest BCUT2D eigenvalue weighted by Gasteiger charge is 2.51. The molecule has 6 heteroatoms. The van der Waals surface area contributed by atoms with E-state index in [9.17, 15) is 9.90 Å². The number of aromatic nitrogens is 4. The standard InChI is InChI=1S/C13H16N4O2/c18-4-7-1-2-10(9-3-8(7)9)17-6-16-11-12(17)14-5-15-13(11)19/h5-10,18H,1-4H2,(H,14,15,19)/t7-,8-,9-,10-/m0/s1. The van der Waals surface area contributed by atoms with Gasteiger partial charge in [-0.1, -0.05) is 0 Å². The Morgan fingerprint density at radius 3 is 3.11 bits per heavy atom. The molecule has 0 saturated heterocycles. The van der Waals surface area contributed by atoms with Crippen molar-refractivity contribution in [1.29, 1.82) is 0 Å². The molecule has 0 unspecified atom stereocenters. The Balaban J connectivity index is 1.73. The van der Waals surface area contributed by atoms with Gasteiger partial charge in [-0.15, -0.1) is 0 Å². The van der Waals surface area contributed by atoms with Crippen LogP contribution in [0.5, 0.6) is 0 Å². The highest BCUT2D eigenvalue weighted by Crippen LogP contribution is 2.57. The fraction of sp³-hybridized carbons (Fsp3) is 0.615. The molecule has 2 aliphatic rings. The van der Waals surface area contributed by atoms with Gasteiger partial charge in [0.15, 0.2) is 11.2 Å². The Bertz CT molecular complexity index is 677. The summed E-state index contributed by atoms with van der Waals surface area (Å²) in [5, 5.41) is 9.34. The number of aromatic amines is 1. The Labute approximate surface area is 109 Å². The third-order valence-corrected chi connectivity index (χ3v) is 4.78. The Morgan fingerprint density at radius 1 is 1.37 bits per heavy atom. The molecule has 2 aliphatic carbocycles. The minimum Gasteiger partial charge on any atom is -0.396 e. The summed E-state index contributed by atoms with van der Waals surface area (Å²) in [7, 11) is 0. The monoisotopic (exact) mass is 260 g/mol. The van der Waals surface area contributed by atoms with Gasteiger partial charge in [-0.2, -0.15) is 0 Å². The number of rotatable bonds is 2. The van der Waals surface area contributed by atoms with Crippen LogP contribution in [0.25, 0.3) is 11.2 Å². The van der Waals surface area contributed by atoms with Gasteiger partial charge in [0, 0.05) is 12.6 Å². The molecule has 4 rings (SSSR count). The second-order valence-electron chi connectivity index (χ2n) is 5.71. The SMILES string of the molecule is O=c1[nH]cnc2c1ncn2[C@H]1CC[C@@H](CO)[C@@H]2C[C@@H]21. The number of hydrogen-bond acceptors (Lipinski definition) is 4. The van der Waals surface area contributed by atoms with E-state index in [-0.39, 0.29) is 5.56 Å². The number of aliphatic hydroxyl groups excluding tert-OH is 1. The molecule has 0 aliphatic heterocycles. The highest BCUT2D eigenvalue weighted by molar-refractivity contribution is 5.69. The van der Waals surface area contributed by atoms with Crippen molar-refractivity contribution in [3.05, 3.63) is 23.0 Å². The molecule has 0 radical (unpaired) electrons. The van der Waals surface area contributed by atoms with Crippen molar-refractivity contribution < 1.29 is 5.11 Å². The molecule has 0 aromatic carbocycles. The van der Waals surface area contributed by atoms with Crippen LogP contribution in [-0.4, -0.2) is 31.2 Å². The van der Waals surface area contributed by atoms with Gasteiger partial charge in [-0.3, -0.25) is 4.79 Å². The quantitative estimate of drug-likeness (QED) is 0.832. The second kappa shape index (κ2) is 3.90. The molecule has 0 spiro atoms. The lowest BCUT2D eigenvalue weighted by atomic mass is 9.86. The molecule has 6 nitrogen and oxygen atoms in total. The molecule has 4 atom stereocenters. The van der Waals surface area contributed by atoms with Crippen LogP contribution in [-0.2, 0) is 0 Å². The van der Waals surface area contributed by atoms with Crippen LogP contribution < -0.4 is 5.56 Å². The van der Waals surface area contributed by atoms with Crippen LogP contribution in [0.2, 0.25) is 0 Å². The van der Waals surface area contributed by atoms with E-state index >= 15 is 0 Å². The van der Waals surface area contributed by atoms with Crippen LogP contribution in [0.3, 0.4) is 0 Å². The number of aliphatic hydroxyl groups is 1. The number of nitrogens with one attached hydrogen (secondary N) is 1. The predicted octanol–water partition coefficient (Wildman–Crippen LogP) is 0.699. The van der Waals surface area contributed by atoms with Crippen LogP contribution in [0.15, 0.2) is 17.4 Å². The number of nitrogens with zero attached hydrogens (tertiary/aromatic N) is 3. The summed E-state index contributed by atoms with van der Waals surface area (Å²) in [5.74, 6) is 1.72. The van der Waals surface area contributed by atoms with E-state index in [0.29, 0.717) is 41.6 Å². The molecule has 2 aromatic heterocycles. The van der Waals surface area contributed by atoms with E-state index in [1.807, 2.05) is 0 Å². The van der Waals surface area contributed by atoms with Crippen LogP contribution in [0.1, 0.15) is 25.3 Å². The summed E-state index contributed by atoms with van der Waals surface area (Å²) in [4.78, 5) is 22.7. The summed E-state index contributed by atoms with van der Waals surface area (Å²) in [6, 6.07) is 0.382. The highest BCUT2D eigenvalue weighted by atomic mass is 16.3. The summed E-state index contributed by atoms with van der Waals surface area (Å²) in [6.07, 6.45) is 6.44. The molecule has 0 amide bonds. The van der Waals surface area contributed by atoms with Crippen molar-refractivity contribution in [2.24, 2.45) is 17.8 Å². The minimum atomic E-state index is -0.180. The zero-order valence-electron chi connectivity index (χ0n) is 10.5. The van der Waals surface area contributed by atoms with Crippen molar-refractivity contribution in [1.82, 2.24) is 19.5 Å². The molecule has 2 saturated carbocycles. The number of fused-ring (bicyclic) bond motifs is 2. The van der Waals surface area contributed by atoms with Gasteiger partial charge < -0.3 is 14.7 Å². The molecule has 2 fully saturated rings. The van der Waals surface area contributed by atoms with Crippen LogP contribution in [0, 0.1) is 17.8 Å². The first-order chi connectivity index (χ1) is 9.29. The van der Waals surface area contributed by atoms with E-state index in [0.717, 1.165) is 12.8 Å². The minimum absolute atomic E-state index is 0.180. The third kappa shape index (κ3) is 1.56. The molecule has 19 heavy (non-hydrogen) atoms. The fourth-order valence-electron chi connectivity index (χ4n) is 3.71. The van der Waals surface area contributed by atoms with Gasteiger partial charge >= 0.3 is 0 Å². The lowest BCUT2D eigenvalue weighted by Gasteiger charge is -2.27. The van der Waals surface area contributed by atoms with Crippen molar-refractivity contribution in [3.8, 4) is 0 Å². The van der Waals surface area contributed by atoms with Crippen molar-refractivity contribution >= 4 is 11.2 Å². The van der Waals surface area contributed by atoms with Gasteiger partial charge in [-0.05, 0) is 37.0 Å². The van der Waals surface area contributed by atoms with E-state index in [2.05, 4.69) is 19.5 Å². The average Bonchev–Trinajstić information content (AvgIpc) is 3.11. The summed E-state index contributed by atoms with van der Waals surface area (Å²) >= 11 is 0. The molecular formula is C13H16N4O2. The largest absolute Gasteiger partial charge is 0.396 e. The van der Waals surface area contributed by atoms with Crippen molar-refractivity contribution in [2.45, 2.75) is 25.3 Å². The third-order valence-electron chi connectivity index (χ3n) is 4.78. The zero-order chi connectivity index (χ0) is 13.0. The van der Waals surface area contributed by atoms with Gasteiger partial charge in [0.1, 0.15) is 0 Å². The lowest BCUT2D eigenvalue weighted by Crippen LogP contribution is -2.23. The first-order valence-corrected chi connectivity index (χ1v) is 6.80. The number of H-pyrrole nitrogens is 1. The van der Waals surface area contributed by atoms with Crippen molar-refractivity contribution in [2.75, 3.05) is 6.61 Å². The van der Waals surface area contributed by atoms with Gasteiger partial charge in [0.2, 0.25) is 0 Å². The van der Waals surface area contributed by atoms with Gasteiger partial charge in [0.05, 0.1) is 12.7 Å². The summed E-state index contributed by atoms with van der Waals surface area (Å²) < 4.78 is 2.06. The zero-order valence-corrected chi connectivity index (χ0v) is 10.5. The fourth-order valence-corrected chi connectivity index (χ4v) is 3.71. The normalized spacial score (nSPS) is 33.3. The van der Waals surface area contributed by atoms with E-state index in [1.54, 1.807) is 6.33 Å². The predicted molar refractivity (Wildman–Crippen MR) is 68.6 cm³/mol. The smallest absolute Gasteiger partial charge is 0.278 e. The average molecular weight is 260 g/mol. The molecule has 100 valence electrons. The maximum absolute atomic E-state index is 11.7. The van der Waals surface area contributed by atoms with Crippen molar-refractivity contribution in [3.63, 3.8) is 0 Å². The Kier molecular flexibility index (Phi) is 2.29. The first kappa shape index (κ1) is 11.2. The van der Waals surface area contributed by atoms with Crippen LogP contribution >= 0.6 is 0 Å². The topological polar surface area (TPSA) is 83.8 Å². The van der Waals surface area contributed by atoms with E-state index in [4.69, 9.17) is 0 Å².